The molecule has 0 saturated carbocycles. The normalized spacial score (nSPS) is 12.5. The molecule has 0 bridgehead atoms. The van der Waals surface area contributed by atoms with Gasteiger partial charge in [-0.15, -0.1) is 0 Å². The van der Waals surface area contributed by atoms with E-state index in [0.29, 0.717) is 0 Å². The predicted octanol–water partition coefficient (Wildman–Crippen LogP) is 15.0. The summed E-state index contributed by atoms with van der Waals surface area (Å²) in [5.74, 6) is 0. The first kappa shape index (κ1) is 56.9. The summed E-state index contributed by atoms with van der Waals surface area (Å²) in [5.41, 5.74) is 18.7. The fourth-order valence-corrected chi connectivity index (χ4v) is 26.0. The van der Waals surface area contributed by atoms with E-state index in [0.717, 1.165) is 56.4 Å². The van der Waals surface area contributed by atoms with Gasteiger partial charge in [0.05, 0.1) is 16.7 Å². The van der Waals surface area contributed by atoms with Crippen LogP contribution in [0.4, 0.5) is 34.1 Å². The smallest absolute Gasteiger partial charge is 0.252 e. The number of fused-ring (bicyclic) bond motifs is 7. The first-order valence-corrected chi connectivity index (χ1v) is 37.3. The van der Waals surface area contributed by atoms with Crippen molar-refractivity contribution in [2.45, 2.75) is 0 Å². The Balaban J connectivity index is 1.02. The predicted molar refractivity (Wildman–Crippen MR) is 413 cm³/mol. The van der Waals surface area contributed by atoms with E-state index in [1.54, 1.807) is 0 Å². The molecule has 96 heavy (non-hydrogen) atoms. The first-order chi connectivity index (χ1) is 47.7. The molecule has 0 amide bonds. The van der Waals surface area contributed by atoms with Crippen molar-refractivity contribution in [2.24, 2.45) is 0 Å². The number of para-hydroxylation sites is 2. The quantitative estimate of drug-likeness (QED) is 0.0842. The molecule has 18 rings (SSSR count). The Labute approximate surface area is 563 Å². The highest BCUT2D eigenvalue weighted by Crippen LogP contribution is 2.48. The monoisotopic (exact) mass is 1250 g/mol. The molecule has 0 radical (unpaired) electrons. The van der Waals surface area contributed by atoms with Gasteiger partial charge in [0.15, 0.2) is 16.1 Å². The van der Waals surface area contributed by atoms with Crippen molar-refractivity contribution < 1.29 is 0 Å². The van der Waals surface area contributed by atoms with Crippen molar-refractivity contribution in [3.63, 3.8) is 0 Å². The molecule has 450 valence electrons. The van der Waals surface area contributed by atoms with Crippen molar-refractivity contribution in [3.05, 3.63) is 388 Å². The third-order valence-electron chi connectivity index (χ3n) is 20.4. The maximum Gasteiger partial charge on any atom is 0.252 e. The summed E-state index contributed by atoms with van der Waals surface area (Å²) in [6, 6.07) is 147. The second kappa shape index (κ2) is 23.6. The minimum Gasteiger partial charge on any atom is -0.311 e. The molecule has 16 aromatic rings. The lowest BCUT2D eigenvalue weighted by molar-refractivity contribution is 1.16. The van der Waals surface area contributed by atoms with Gasteiger partial charge >= 0.3 is 0 Å². The highest BCUT2D eigenvalue weighted by atomic mass is 28.3. The number of nitrogens with zero attached hydrogens (tertiary/aromatic N) is 3. The molecule has 6 heteroatoms. The van der Waals surface area contributed by atoms with Gasteiger partial charge in [0, 0.05) is 44.9 Å². The van der Waals surface area contributed by atoms with Crippen molar-refractivity contribution in [1.29, 1.82) is 0 Å². The Kier molecular flexibility index (Phi) is 14.0. The summed E-state index contributed by atoms with van der Waals surface area (Å²) < 4.78 is 2.53. The second-order valence-electron chi connectivity index (χ2n) is 25.4. The van der Waals surface area contributed by atoms with Gasteiger partial charge in [0.1, 0.15) is 0 Å². The summed E-state index contributed by atoms with van der Waals surface area (Å²) in [7, 11) is -6.26. The zero-order chi connectivity index (χ0) is 63.6. The number of hydrogen-bond donors (Lipinski definition) is 0. The Morgan fingerprint density at radius 3 is 1.08 bits per heavy atom. The van der Waals surface area contributed by atoms with Crippen LogP contribution in [0.15, 0.2) is 388 Å². The largest absolute Gasteiger partial charge is 0.311 e. The van der Waals surface area contributed by atoms with Crippen molar-refractivity contribution in [1.82, 2.24) is 4.57 Å². The maximum absolute atomic E-state index is 3.16. The molecule has 0 aliphatic carbocycles. The molecule has 2 aliphatic rings. The van der Waals surface area contributed by atoms with E-state index in [-0.39, 0.29) is 6.71 Å². The number of aromatic nitrogens is 1. The SMILES string of the molecule is c1ccc(-c2cccc(N3c4cccc(-c5ccccc5)c4B4c5ccc([Si](c6ccccc6)(c6ccccc6)c6ccccc6)cc5N(c5cccc([Si](c6ccccc6)(c6ccccc6)c6ccccc6)c5)c5cc(-n6c7ccccc7c7ccccc76)cc3c54)c2)cc1. The number of anilines is 6. The van der Waals surface area contributed by atoms with Gasteiger partial charge in [-0.05, 0) is 141 Å². The van der Waals surface area contributed by atoms with E-state index in [1.807, 2.05) is 0 Å². The standard InChI is InChI=1S/C90H64BN3Si2/c1-9-32-65(33-10-1)67-36-29-37-68(60-67)92-85-57-31-54-79(66-34-11-2-12-35-66)89(85)91-82-59-58-78(96(74-45-19-6-20-46-74,75-47-21-7-22-48-75)76-49-23-8-24-50-76)64-86(82)93(88-63-70(62-87(92)90(88)91)94-83-55-27-25-52-80(83)81-53-26-28-56-84(81)94)69-38-30-51-77(61-69)95(71-39-13-3-14-40-71,72-41-15-4-16-42-72)73-43-17-5-18-44-73/h1-64H. The molecule has 15 aromatic carbocycles. The van der Waals surface area contributed by atoms with E-state index in [2.05, 4.69) is 403 Å². The molecule has 0 saturated heterocycles. The van der Waals surface area contributed by atoms with E-state index < -0.39 is 16.1 Å². The lowest BCUT2D eigenvalue weighted by Gasteiger charge is -2.46. The Morgan fingerprint density at radius 1 is 0.219 bits per heavy atom. The number of hydrogen-bond acceptors (Lipinski definition) is 2. The van der Waals surface area contributed by atoms with Gasteiger partial charge in [0.25, 0.3) is 6.71 Å². The van der Waals surface area contributed by atoms with Gasteiger partial charge in [-0.25, -0.2) is 0 Å². The van der Waals surface area contributed by atoms with Gasteiger partial charge in [0.2, 0.25) is 0 Å². The van der Waals surface area contributed by atoms with E-state index in [4.69, 9.17) is 0 Å². The minimum absolute atomic E-state index is 0.224. The van der Waals surface area contributed by atoms with Crippen LogP contribution in [0.25, 0.3) is 49.7 Å². The molecule has 0 atom stereocenters. The molecule has 0 fully saturated rings. The lowest BCUT2D eigenvalue weighted by Crippen LogP contribution is -2.75. The van der Waals surface area contributed by atoms with E-state index in [1.165, 1.54) is 85.3 Å². The van der Waals surface area contributed by atoms with Gasteiger partial charge in [-0.2, -0.15) is 0 Å². The van der Waals surface area contributed by atoms with Crippen LogP contribution in [-0.2, 0) is 0 Å². The fourth-order valence-electron chi connectivity index (χ4n) is 16.5. The third-order valence-corrected chi connectivity index (χ3v) is 30.0. The molecule has 0 unspecified atom stereocenters. The Bertz CT molecular complexity index is 5290. The lowest BCUT2D eigenvalue weighted by atomic mass is 9.32. The summed E-state index contributed by atoms with van der Waals surface area (Å²) >= 11 is 0. The zero-order valence-corrected chi connectivity index (χ0v) is 54.9. The molecular weight excluding hydrogens is 1190 g/mol. The van der Waals surface area contributed by atoms with Crippen LogP contribution in [0.1, 0.15) is 0 Å². The fraction of sp³-hybridized carbons (Fsp3) is 0. The summed E-state index contributed by atoms with van der Waals surface area (Å²) in [6.45, 7) is -0.224. The van der Waals surface area contributed by atoms with Crippen LogP contribution in [0.5, 0.6) is 0 Å². The molecular formula is C90H64BN3Si2. The molecule has 3 nitrogen and oxygen atoms in total. The molecule has 2 aliphatic heterocycles. The van der Waals surface area contributed by atoms with Crippen molar-refractivity contribution in [2.75, 3.05) is 9.80 Å². The van der Waals surface area contributed by atoms with Gasteiger partial charge < -0.3 is 14.4 Å². The minimum atomic E-state index is -3.16. The van der Waals surface area contributed by atoms with Crippen LogP contribution in [0.2, 0.25) is 0 Å². The topological polar surface area (TPSA) is 11.4 Å². The zero-order valence-electron chi connectivity index (χ0n) is 52.9. The highest BCUT2D eigenvalue weighted by Gasteiger charge is 2.49. The number of benzene rings is 15. The third kappa shape index (κ3) is 9.01. The highest BCUT2D eigenvalue weighted by molar-refractivity contribution is 7.20. The van der Waals surface area contributed by atoms with Crippen LogP contribution in [-0.4, -0.2) is 27.4 Å². The average molecular weight is 1250 g/mol. The maximum atomic E-state index is 2.70. The van der Waals surface area contributed by atoms with Gasteiger partial charge in [-0.3, -0.25) is 0 Å². The molecule has 0 N–H and O–H groups in total. The van der Waals surface area contributed by atoms with E-state index >= 15 is 0 Å². The summed E-state index contributed by atoms with van der Waals surface area (Å²) in [5, 5.41) is 13.0. The van der Waals surface area contributed by atoms with Crippen molar-refractivity contribution in [3.8, 4) is 27.9 Å². The summed E-state index contributed by atoms with van der Waals surface area (Å²) in [4.78, 5) is 5.30. The Hall–Kier alpha value is -11.8. The summed E-state index contributed by atoms with van der Waals surface area (Å²) in [6.07, 6.45) is 0. The second-order valence-corrected chi connectivity index (χ2v) is 33.0. The van der Waals surface area contributed by atoms with Gasteiger partial charge in [-0.1, -0.05) is 328 Å². The average Bonchev–Trinajstić information content (AvgIpc) is 0.764. The number of rotatable bonds is 13. The van der Waals surface area contributed by atoms with E-state index in [9.17, 15) is 0 Å². The first-order valence-electron chi connectivity index (χ1n) is 33.3. The molecule has 0 spiro atoms. The van der Waals surface area contributed by atoms with Crippen LogP contribution in [0, 0.1) is 0 Å². The van der Waals surface area contributed by atoms with Crippen molar-refractivity contribution >= 4 is 137 Å². The van der Waals surface area contributed by atoms with Crippen LogP contribution in [0.3, 0.4) is 0 Å². The molecule has 3 heterocycles. The Morgan fingerprint density at radius 2 is 0.594 bits per heavy atom. The molecule has 1 aromatic heterocycles. The van der Waals surface area contributed by atoms with Crippen LogP contribution >= 0.6 is 0 Å². The van der Waals surface area contributed by atoms with Crippen LogP contribution < -0.4 is 67.7 Å².